The molecule has 0 bridgehead atoms. The highest BCUT2D eigenvalue weighted by molar-refractivity contribution is 5.86. The van der Waals surface area contributed by atoms with E-state index in [9.17, 15) is 22.8 Å². The Morgan fingerprint density at radius 1 is 1.27 bits per heavy atom. The van der Waals surface area contributed by atoms with Gasteiger partial charge in [-0.2, -0.15) is 13.2 Å². The number of alkyl halides is 3. The first-order chi connectivity index (χ1) is 10.4. The first kappa shape index (κ1) is 14.6. The van der Waals surface area contributed by atoms with Gasteiger partial charge in [-0.1, -0.05) is 0 Å². The SMILES string of the molecule is O=C[C@H]1CCCN1c1ccc2[nH]c(=O)cc(C(F)(F)F)c2c1. The van der Waals surface area contributed by atoms with E-state index in [0.29, 0.717) is 24.7 Å². The summed E-state index contributed by atoms with van der Waals surface area (Å²) in [6.07, 6.45) is -2.28. The Morgan fingerprint density at radius 2 is 2.05 bits per heavy atom. The number of aromatic nitrogens is 1. The van der Waals surface area contributed by atoms with Gasteiger partial charge in [-0.05, 0) is 31.0 Å². The van der Waals surface area contributed by atoms with Gasteiger partial charge >= 0.3 is 6.18 Å². The molecule has 3 rings (SSSR count). The van der Waals surface area contributed by atoms with Gasteiger partial charge in [0.05, 0.1) is 11.6 Å². The summed E-state index contributed by atoms with van der Waals surface area (Å²) in [7, 11) is 0. The maximum absolute atomic E-state index is 13.1. The summed E-state index contributed by atoms with van der Waals surface area (Å²) in [5, 5.41) is -0.0684. The van der Waals surface area contributed by atoms with Gasteiger partial charge in [-0.3, -0.25) is 4.79 Å². The molecule has 2 heterocycles. The predicted octanol–water partition coefficient (Wildman–Crippen LogP) is 2.71. The van der Waals surface area contributed by atoms with Crippen molar-refractivity contribution in [1.29, 1.82) is 0 Å². The van der Waals surface area contributed by atoms with Crippen LogP contribution in [0.15, 0.2) is 29.1 Å². The van der Waals surface area contributed by atoms with Crippen molar-refractivity contribution < 1.29 is 18.0 Å². The number of aldehydes is 1. The zero-order valence-corrected chi connectivity index (χ0v) is 11.5. The molecule has 2 aromatic rings. The van der Waals surface area contributed by atoms with Gasteiger partial charge in [-0.15, -0.1) is 0 Å². The number of aromatic amines is 1. The molecule has 0 spiro atoms. The Morgan fingerprint density at radius 3 is 2.73 bits per heavy atom. The number of benzene rings is 1. The van der Waals surface area contributed by atoms with Gasteiger partial charge in [0.1, 0.15) is 6.29 Å². The zero-order chi connectivity index (χ0) is 15.9. The fourth-order valence-electron chi connectivity index (χ4n) is 2.91. The van der Waals surface area contributed by atoms with Gasteiger partial charge in [0.25, 0.3) is 0 Å². The highest BCUT2D eigenvalue weighted by atomic mass is 19.4. The van der Waals surface area contributed by atoms with Gasteiger partial charge in [0.15, 0.2) is 0 Å². The number of nitrogens with one attached hydrogen (secondary N) is 1. The van der Waals surface area contributed by atoms with E-state index in [2.05, 4.69) is 4.98 Å². The molecule has 1 fully saturated rings. The van der Waals surface area contributed by atoms with Crippen molar-refractivity contribution in [2.24, 2.45) is 0 Å². The van der Waals surface area contributed by atoms with Crippen molar-refractivity contribution >= 4 is 22.9 Å². The summed E-state index contributed by atoms with van der Waals surface area (Å²) >= 11 is 0. The summed E-state index contributed by atoms with van der Waals surface area (Å²) in [5.41, 5.74) is -1.07. The van der Waals surface area contributed by atoms with Crippen LogP contribution in [0, 0.1) is 0 Å². The lowest BCUT2D eigenvalue weighted by Gasteiger charge is -2.23. The quantitative estimate of drug-likeness (QED) is 0.868. The van der Waals surface area contributed by atoms with Crippen LogP contribution in [-0.4, -0.2) is 23.9 Å². The maximum atomic E-state index is 13.1. The minimum Gasteiger partial charge on any atom is -0.362 e. The van der Waals surface area contributed by atoms with Crippen LogP contribution in [0.4, 0.5) is 18.9 Å². The molecule has 1 aliphatic rings. The van der Waals surface area contributed by atoms with Crippen LogP contribution in [-0.2, 0) is 11.0 Å². The molecule has 0 amide bonds. The number of H-pyrrole nitrogens is 1. The van der Waals surface area contributed by atoms with Crippen LogP contribution < -0.4 is 10.5 Å². The fourth-order valence-corrected chi connectivity index (χ4v) is 2.91. The number of pyridine rings is 1. The Balaban J connectivity index is 2.18. The molecule has 22 heavy (non-hydrogen) atoms. The second-order valence-electron chi connectivity index (χ2n) is 5.31. The van der Waals surface area contributed by atoms with Gasteiger partial charge in [0, 0.05) is 29.2 Å². The van der Waals surface area contributed by atoms with Crippen LogP contribution in [0.25, 0.3) is 10.9 Å². The normalized spacial score (nSPS) is 18.9. The van der Waals surface area contributed by atoms with Crippen molar-refractivity contribution in [1.82, 2.24) is 4.98 Å². The van der Waals surface area contributed by atoms with Crippen LogP contribution in [0.3, 0.4) is 0 Å². The number of rotatable bonds is 2. The number of anilines is 1. The molecule has 1 aliphatic heterocycles. The zero-order valence-electron chi connectivity index (χ0n) is 11.5. The minimum absolute atomic E-state index is 0.0684. The number of carbonyl (C=O) groups excluding carboxylic acids is 1. The molecule has 1 atom stereocenters. The molecule has 1 aromatic carbocycles. The molecule has 0 unspecified atom stereocenters. The highest BCUT2D eigenvalue weighted by Gasteiger charge is 2.34. The molecular weight excluding hydrogens is 297 g/mol. The lowest BCUT2D eigenvalue weighted by Crippen LogP contribution is -2.30. The van der Waals surface area contributed by atoms with E-state index in [-0.39, 0.29) is 16.9 Å². The molecule has 1 N–H and O–H groups in total. The number of halogens is 3. The van der Waals surface area contributed by atoms with E-state index >= 15 is 0 Å². The summed E-state index contributed by atoms with van der Waals surface area (Å²) in [6, 6.07) is 4.71. The standard InChI is InChI=1S/C15H13F3N2O2/c16-15(17,18)12-7-14(22)19-13-4-3-9(6-11(12)13)20-5-1-2-10(20)8-21/h3-4,6-8,10H,1-2,5H2,(H,19,22)/t10-/m1/s1. The smallest absolute Gasteiger partial charge is 0.362 e. The first-order valence-electron chi connectivity index (χ1n) is 6.86. The predicted molar refractivity (Wildman–Crippen MR) is 76.0 cm³/mol. The maximum Gasteiger partial charge on any atom is 0.417 e. The molecule has 0 saturated carbocycles. The van der Waals surface area contributed by atoms with Gasteiger partial charge in [-0.25, -0.2) is 0 Å². The van der Waals surface area contributed by atoms with Gasteiger partial charge in [0.2, 0.25) is 5.56 Å². The van der Waals surface area contributed by atoms with Crippen LogP contribution in [0.5, 0.6) is 0 Å². The summed E-state index contributed by atoms with van der Waals surface area (Å²) in [5.74, 6) is 0. The second kappa shape index (κ2) is 5.15. The Labute approximate surface area is 123 Å². The van der Waals surface area contributed by atoms with Crippen molar-refractivity contribution in [2.45, 2.75) is 25.1 Å². The Hall–Kier alpha value is -2.31. The van der Waals surface area contributed by atoms with E-state index in [1.54, 1.807) is 11.0 Å². The summed E-state index contributed by atoms with van der Waals surface area (Å²) in [6.45, 7) is 0.625. The second-order valence-corrected chi connectivity index (χ2v) is 5.31. The lowest BCUT2D eigenvalue weighted by atomic mass is 10.1. The van der Waals surface area contributed by atoms with E-state index in [1.807, 2.05) is 0 Å². The molecular formula is C15H13F3N2O2. The number of fused-ring (bicyclic) bond motifs is 1. The number of carbonyl (C=O) groups is 1. The molecule has 0 radical (unpaired) electrons. The number of hydrogen-bond donors (Lipinski definition) is 1. The lowest BCUT2D eigenvalue weighted by molar-refractivity contribution is -0.136. The van der Waals surface area contributed by atoms with Crippen molar-refractivity contribution in [3.63, 3.8) is 0 Å². The average molecular weight is 310 g/mol. The number of hydrogen-bond acceptors (Lipinski definition) is 3. The number of nitrogens with zero attached hydrogens (tertiary/aromatic N) is 1. The Bertz CT molecular complexity index is 782. The molecule has 116 valence electrons. The first-order valence-corrected chi connectivity index (χ1v) is 6.86. The molecule has 1 aromatic heterocycles. The third-order valence-corrected chi connectivity index (χ3v) is 3.92. The largest absolute Gasteiger partial charge is 0.417 e. The van der Waals surface area contributed by atoms with Crippen LogP contribution in [0.2, 0.25) is 0 Å². The van der Waals surface area contributed by atoms with E-state index in [1.165, 1.54) is 12.1 Å². The molecule has 1 saturated heterocycles. The monoisotopic (exact) mass is 310 g/mol. The van der Waals surface area contributed by atoms with Crippen LogP contribution in [0.1, 0.15) is 18.4 Å². The van der Waals surface area contributed by atoms with Crippen molar-refractivity contribution in [3.05, 3.63) is 40.2 Å². The minimum atomic E-state index is -4.61. The summed E-state index contributed by atoms with van der Waals surface area (Å²) in [4.78, 5) is 26.6. The molecule has 4 nitrogen and oxygen atoms in total. The highest BCUT2D eigenvalue weighted by Crippen LogP contribution is 2.35. The van der Waals surface area contributed by atoms with Crippen LogP contribution >= 0.6 is 0 Å². The van der Waals surface area contributed by atoms with Crippen molar-refractivity contribution in [2.75, 3.05) is 11.4 Å². The molecule has 0 aliphatic carbocycles. The summed E-state index contributed by atoms with van der Waals surface area (Å²) < 4.78 is 39.4. The fraction of sp³-hybridized carbons (Fsp3) is 0.333. The molecule has 7 heteroatoms. The van der Waals surface area contributed by atoms with E-state index in [0.717, 1.165) is 12.7 Å². The third-order valence-electron chi connectivity index (χ3n) is 3.92. The third kappa shape index (κ3) is 2.47. The van der Waals surface area contributed by atoms with Crippen molar-refractivity contribution in [3.8, 4) is 0 Å². The van der Waals surface area contributed by atoms with Gasteiger partial charge < -0.3 is 14.7 Å². The van der Waals surface area contributed by atoms with E-state index in [4.69, 9.17) is 0 Å². The topological polar surface area (TPSA) is 53.2 Å². The Kier molecular flexibility index (Phi) is 3.42. The van der Waals surface area contributed by atoms with E-state index < -0.39 is 17.3 Å². The average Bonchev–Trinajstić information content (AvgIpc) is 2.93.